The van der Waals surface area contributed by atoms with Crippen LogP contribution in [0.25, 0.3) is 0 Å². The number of hydrogen-bond donors (Lipinski definition) is 1. The van der Waals surface area contributed by atoms with Gasteiger partial charge >= 0.3 is 0 Å². The van der Waals surface area contributed by atoms with Gasteiger partial charge in [0.2, 0.25) is 0 Å². The van der Waals surface area contributed by atoms with E-state index in [1.54, 1.807) is 24.1 Å². The third-order valence-electron chi connectivity index (χ3n) is 4.47. The van der Waals surface area contributed by atoms with Gasteiger partial charge in [-0.3, -0.25) is 9.69 Å². The molecule has 1 saturated heterocycles. The Kier molecular flexibility index (Phi) is 4.85. The summed E-state index contributed by atoms with van der Waals surface area (Å²) in [6, 6.07) is 14.6. The predicted molar refractivity (Wildman–Crippen MR) is 101 cm³/mol. The maximum atomic E-state index is 12.8. The van der Waals surface area contributed by atoms with Crippen LogP contribution >= 0.6 is 15.9 Å². The maximum Gasteiger partial charge on any atom is 0.263 e. The summed E-state index contributed by atoms with van der Waals surface area (Å²) in [5, 5.41) is 11.0. The fourth-order valence-corrected chi connectivity index (χ4v) is 3.25. The molecule has 2 aromatic rings. The number of methoxy groups -OCH3 is 1. The number of halogens is 1. The minimum absolute atomic E-state index is 0.0717. The lowest BCUT2D eigenvalue weighted by atomic mass is 9.75. The van der Waals surface area contributed by atoms with Crippen molar-refractivity contribution in [2.75, 3.05) is 12.0 Å². The van der Waals surface area contributed by atoms with Crippen molar-refractivity contribution < 1.29 is 14.6 Å². The predicted octanol–water partition coefficient (Wildman–Crippen LogP) is 3.57. The first-order valence-electron chi connectivity index (χ1n) is 7.86. The molecule has 1 aliphatic rings. The van der Waals surface area contributed by atoms with E-state index >= 15 is 0 Å². The van der Waals surface area contributed by atoms with Crippen LogP contribution in [0.3, 0.4) is 0 Å². The van der Waals surface area contributed by atoms with Crippen LogP contribution in [0.1, 0.15) is 23.6 Å². The van der Waals surface area contributed by atoms with Gasteiger partial charge in [0.1, 0.15) is 11.8 Å². The van der Waals surface area contributed by atoms with Gasteiger partial charge in [-0.25, -0.2) is 0 Å². The summed E-state index contributed by atoms with van der Waals surface area (Å²) >= 11 is 3.03. The number of ether oxygens (including phenoxy) is 1. The number of amides is 1. The van der Waals surface area contributed by atoms with Crippen LogP contribution in [0.4, 0.5) is 5.69 Å². The van der Waals surface area contributed by atoms with Crippen LogP contribution in [-0.4, -0.2) is 23.7 Å². The molecular formula is C20H18BrNO3. The van der Waals surface area contributed by atoms with Gasteiger partial charge in [-0.2, -0.15) is 0 Å². The van der Waals surface area contributed by atoms with Crippen LogP contribution in [0.5, 0.6) is 5.75 Å². The molecule has 0 aliphatic carbocycles. The minimum Gasteiger partial charge on any atom is -0.497 e. The van der Waals surface area contributed by atoms with Gasteiger partial charge in [0.15, 0.2) is 5.60 Å². The summed E-state index contributed by atoms with van der Waals surface area (Å²) in [5.41, 5.74) is 1.18. The van der Waals surface area contributed by atoms with E-state index < -0.39 is 11.6 Å². The molecule has 0 unspecified atom stereocenters. The second-order valence-corrected chi connectivity index (χ2v) is 6.46. The lowest BCUT2D eigenvalue weighted by Crippen LogP contribution is -2.68. The third-order valence-corrected chi connectivity index (χ3v) is 4.75. The number of aryl methyl sites for hydroxylation is 1. The van der Waals surface area contributed by atoms with Gasteiger partial charge in [-0.15, -0.1) is 0 Å². The number of hydrogen-bond acceptors (Lipinski definition) is 3. The molecule has 0 aromatic heterocycles. The second kappa shape index (κ2) is 6.91. The molecule has 2 aromatic carbocycles. The molecule has 0 radical (unpaired) electrons. The first-order valence-corrected chi connectivity index (χ1v) is 8.65. The number of anilines is 1. The fourth-order valence-electron chi connectivity index (χ4n) is 3.11. The van der Waals surface area contributed by atoms with E-state index in [0.29, 0.717) is 11.4 Å². The number of carbonyl (C=O) groups is 1. The van der Waals surface area contributed by atoms with Crippen molar-refractivity contribution in [2.45, 2.75) is 25.0 Å². The van der Waals surface area contributed by atoms with Crippen molar-refractivity contribution in [3.05, 3.63) is 59.7 Å². The molecule has 128 valence electrons. The Hall–Kier alpha value is -2.29. The van der Waals surface area contributed by atoms with E-state index in [-0.39, 0.29) is 12.3 Å². The van der Waals surface area contributed by atoms with Crippen LogP contribution in [0.15, 0.2) is 48.5 Å². The SMILES string of the molecule is COc1ccc(N2C(=O)[C@](O)(CC#CBr)[C@H]2c2ccc(C)cc2)cc1. The lowest BCUT2D eigenvalue weighted by molar-refractivity contribution is -0.153. The quantitative estimate of drug-likeness (QED) is 0.631. The highest BCUT2D eigenvalue weighted by Gasteiger charge is 2.60. The number of β-lactam (4-membered cyclic amide) rings is 1. The molecule has 0 spiro atoms. The molecular weight excluding hydrogens is 382 g/mol. The van der Waals surface area contributed by atoms with E-state index in [1.165, 1.54) is 0 Å². The number of benzene rings is 2. The molecule has 5 heteroatoms. The van der Waals surface area contributed by atoms with E-state index in [0.717, 1.165) is 11.1 Å². The van der Waals surface area contributed by atoms with Crippen molar-refractivity contribution in [1.29, 1.82) is 0 Å². The zero-order chi connectivity index (χ0) is 18.0. The Labute approximate surface area is 155 Å². The molecule has 1 aliphatic heterocycles. The van der Waals surface area contributed by atoms with Crippen molar-refractivity contribution in [3.63, 3.8) is 0 Å². The van der Waals surface area contributed by atoms with Crippen LogP contribution in [0.2, 0.25) is 0 Å². The molecule has 1 N–H and O–H groups in total. The lowest BCUT2D eigenvalue weighted by Gasteiger charge is -2.52. The van der Waals surface area contributed by atoms with Gasteiger partial charge in [0.05, 0.1) is 13.5 Å². The number of nitrogens with zero attached hydrogens (tertiary/aromatic N) is 1. The van der Waals surface area contributed by atoms with Gasteiger partial charge in [0.25, 0.3) is 5.91 Å². The second-order valence-electron chi connectivity index (χ2n) is 6.06. The highest BCUT2D eigenvalue weighted by molar-refractivity contribution is 9.12. The Bertz CT molecular complexity index is 836. The average Bonchev–Trinajstić information content (AvgIpc) is 2.65. The summed E-state index contributed by atoms with van der Waals surface area (Å²) in [5.74, 6) is 3.14. The monoisotopic (exact) mass is 399 g/mol. The van der Waals surface area contributed by atoms with E-state index in [1.807, 2.05) is 43.3 Å². The molecule has 25 heavy (non-hydrogen) atoms. The van der Waals surface area contributed by atoms with E-state index in [4.69, 9.17) is 4.74 Å². The van der Waals surface area contributed by atoms with Gasteiger partial charge in [-0.05, 0) is 41.6 Å². The van der Waals surface area contributed by atoms with Crippen molar-refractivity contribution in [2.24, 2.45) is 0 Å². The zero-order valence-corrected chi connectivity index (χ0v) is 15.6. The summed E-state index contributed by atoms with van der Waals surface area (Å²) in [4.78, 5) is 16.9. The Balaban J connectivity index is 2.01. The van der Waals surface area contributed by atoms with Crippen molar-refractivity contribution >= 4 is 27.5 Å². The van der Waals surface area contributed by atoms with Crippen molar-refractivity contribution in [1.82, 2.24) is 0 Å². The molecule has 0 saturated carbocycles. The number of aliphatic hydroxyl groups is 1. The first kappa shape index (κ1) is 17.5. The molecule has 1 heterocycles. The molecule has 1 amide bonds. The fraction of sp³-hybridized carbons (Fsp3) is 0.250. The van der Waals surface area contributed by atoms with E-state index in [2.05, 4.69) is 26.7 Å². The molecule has 1 fully saturated rings. The average molecular weight is 400 g/mol. The smallest absolute Gasteiger partial charge is 0.263 e. The summed E-state index contributed by atoms with van der Waals surface area (Å²) < 4.78 is 5.17. The van der Waals surface area contributed by atoms with Gasteiger partial charge < -0.3 is 9.84 Å². The summed E-state index contributed by atoms with van der Waals surface area (Å²) in [7, 11) is 1.59. The van der Waals surface area contributed by atoms with Gasteiger partial charge in [-0.1, -0.05) is 35.7 Å². The zero-order valence-electron chi connectivity index (χ0n) is 14.0. The summed E-state index contributed by atoms with van der Waals surface area (Å²) in [6.07, 6.45) is 0.0717. The van der Waals surface area contributed by atoms with Gasteiger partial charge in [0, 0.05) is 21.6 Å². The third kappa shape index (κ3) is 3.04. The highest BCUT2D eigenvalue weighted by Crippen LogP contribution is 2.48. The molecule has 4 nitrogen and oxygen atoms in total. The summed E-state index contributed by atoms with van der Waals surface area (Å²) in [6.45, 7) is 2.00. The minimum atomic E-state index is -1.53. The first-order chi connectivity index (χ1) is 12.0. The normalized spacial score (nSPS) is 22.0. The van der Waals surface area contributed by atoms with Crippen LogP contribution in [-0.2, 0) is 4.79 Å². The standard InChI is InChI=1S/C20H18BrNO3/c1-14-4-6-15(7-5-14)18-20(24,12-3-13-21)19(23)22(18)16-8-10-17(25-2)11-9-16/h4-11,18,24H,12H2,1-2H3/t18-,20+/m1/s1. The maximum absolute atomic E-state index is 12.8. The largest absolute Gasteiger partial charge is 0.497 e. The molecule has 3 rings (SSSR count). The Morgan fingerprint density at radius 2 is 1.84 bits per heavy atom. The topological polar surface area (TPSA) is 49.8 Å². The highest BCUT2D eigenvalue weighted by atomic mass is 79.9. The van der Waals surface area contributed by atoms with E-state index in [9.17, 15) is 9.90 Å². The van der Waals surface area contributed by atoms with Crippen LogP contribution in [0, 0.1) is 17.7 Å². The number of rotatable bonds is 4. The van der Waals surface area contributed by atoms with Crippen molar-refractivity contribution in [3.8, 4) is 16.5 Å². The Morgan fingerprint density at radius 1 is 1.20 bits per heavy atom. The molecule has 2 atom stereocenters. The Morgan fingerprint density at radius 3 is 2.40 bits per heavy atom. The number of carbonyl (C=O) groups excluding carboxylic acids is 1. The van der Waals surface area contributed by atoms with Crippen LogP contribution < -0.4 is 9.64 Å². The molecule has 0 bridgehead atoms.